The minimum Gasteiger partial charge on any atom is -0.381 e. The molecule has 0 heterocycles. The first kappa shape index (κ1) is 12.9. The molecule has 0 unspecified atom stereocenters. The van der Waals surface area contributed by atoms with Gasteiger partial charge in [-0.2, -0.15) is 0 Å². The fraction of sp³-hybridized carbons (Fsp3) is 0.929. The summed E-state index contributed by atoms with van der Waals surface area (Å²) in [6, 6.07) is 0.263. The summed E-state index contributed by atoms with van der Waals surface area (Å²) in [5, 5.41) is 0. The highest BCUT2D eigenvalue weighted by Gasteiger charge is 2.28. The van der Waals surface area contributed by atoms with Crippen molar-refractivity contribution in [3.63, 3.8) is 0 Å². The molecule has 2 fully saturated rings. The largest absolute Gasteiger partial charge is 0.381 e. The molecule has 2 aliphatic rings. The van der Waals surface area contributed by atoms with Gasteiger partial charge in [0.2, 0.25) is 6.04 Å². The van der Waals surface area contributed by atoms with Gasteiger partial charge >= 0.3 is 0 Å². The van der Waals surface area contributed by atoms with E-state index in [2.05, 4.69) is 4.85 Å². The van der Waals surface area contributed by atoms with Crippen LogP contribution in [0.2, 0.25) is 0 Å². The summed E-state index contributed by atoms with van der Waals surface area (Å²) in [7, 11) is 1.80. The maximum absolute atomic E-state index is 7.03. The first-order valence-corrected chi connectivity index (χ1v) is 6.86. The van der Waals surface area contributed by atoms with Gasteiger partial charge in [0, 0.05) is 20.0 Å². The lowest BCUT2D eigenvalue weighted by Crippen LogP contribution is -2.31. The van der Waals surface area contributed by atoms with Crippen molar-refractivity contribution in [3.8, 4) is 0 Å². The number of hydrogen-bond acceptors (Lipinski definition) is 2. The molecule has 0 bridgehead atoms. The third-order valence-corrected chi connectivity index (χ3v) is 4.17. The van der Waals surface area contributed by atoms with Crippen LogP contribution in [-0.2, 0) is 9.47 Å². The van der Waals surface area contributed by atoms with Crippen LogP contribution in [0.1, 0.15) is 51.4 Å². The first-order valence-electron chi connectivity index (χ1n) is 6.86. The third kappa shape index (κ3) is 3.69. The van der Waals surface area contributed by atoms with Crippen LogP contribution in [0, 0.1) is 6.57 Å². The van der Waals surface area contributed by atoms with Crippen LogP contribution in [0.4, 0.5) is 0 Å². The molecule has 0 spiro atoms. The molecule has 0 N–H and O–H groups in total. The summed E-state index contributed by atoms with van der Waals surface area (Å²) in [4.78, 5) is 3.63. The van der Waals surface area contributed by atoms with E-state index in [-0.39, 0.29) is 6.04 Å². The lowest BCUT2D eigenvalue weighted by atomic mass is 9.91. The van der Waals surface area contributed by atoms with Crippen LogP contribution in [-0.4, -0.2) is 31.5 Å². The summed E-state index contributed by atoms with van der Waals surface area (Å²) >= 11 is 0. The Morgan fingerprint density at radius 1 is 0.824 bits per heavy atom. The number of methoxy groups -OCH3 is 1. The molecule has 17 heavy (non-hydrogen) atoms. The van der Waals surface area contributed by atoms with E-state index in [0.29, 0.717) is 18.3 Å². The van der Waals surface area contributed by atoms with Gasteiger partial charge in [-0.05, 0) is 38.5 Å². The maximum Gasteiger partial charge on any atom is 0.223 e. The highest BCUT2D eigenvalue weighted by molar-refractivity contribution is 4.86. The van der Waals surface area contributed by atoms with Gasteiger partial charge in [-0.15, -0.1) is 0 Å². The van der Waals surface area contributed by atoms with Crippen molar-refractivity contribution in [2.75, 3.05) is 7.11 Å². The van der Waals surface area contributed by atoms with Crippen molar-refractivity contribution in [2.45, 2.75) is 75.7 Å². The average molecular weight is 237 g/mol. The molecule has 0 aromatic rings. The lowest BCUT2D eigenvalue weighted by Gasteiger charge is -2.32. The Morgan fingerprint density at radius 2 is 1.29 bits per heavy atom. The molecule has 3 heteroatoms. The van der Waals surface area contributed by atoms with E-state index in [1.807, 2.05) is 0 Å². The number of rotatable bonds is 3. The van der Waals surface area contributed by atoms with Gasteiger partial charge < -0.3 is 14.3 Å². The second-order valence-corrected chi connectivity index (χ2v) is 5.33. The quantitative estimate of drug-likeness (QED) is 0.703. The Hall–Kier alpha value is -0.590. The lowest BCUT2D eigenvalue weighted by molar-refractivity contribution is -0.0657. The zero-order valence-corrected chi connectivity index (χ0v) is 10.7. The van der Waals surface area contributed by atoms with Crippen LogP contribution < -0.4 is 0 Å². The standard InChI is InChI=1S/C14H23NO2/c1-15-11-3-5-13(6-4-11)17-14-9-7-12(16-2)8-10-14/h11-14H,3-10H2,2H3. The zero-order valence-electron chi connectivity index (χ0n) is 10.7. The minimum absolute atomic E-state index is 0.263. The van der Waals surface area contributed by atoms with E-state index in [1.165, 1.54) is 0 Å². The fourth-order valence-corrected chi connectivity index (χ4v) is 2.99. The van der Waals surface area contributed by atoms with E-state index in [0.717, 1.165) is 51.4 Å². The molecule has 0 atom stereocenters. The van der Waals surface area contributed by atoms with Gasteiger partial charge in [0.15, 0.2) is 0 Å². The second kappa shape index (κ2) is 6.37. The maximum atomic E-state index is 7.03. The van der Waals surface area contributed by atoms with Crippen molar-refractivity contribution >= 4 is 0 Å². The smallest absolute Gasteiger partial charge is 0.223 e. The van der Waals surface area contributed by atoms with Crippen LogP contribution >= 0.6 is 0 Å². The topological polar surface area (TPSA) is 22.8 Å². The van der Waals surface area contributed by atoms with Gasteiger partial charge in [0.05, 0.1) is 18.3 Å². The number of ether oxygens (including phenoxy) is 2. The van der Waals surface area contributed by atoms with E-state index in [9.17, 15) is 0 Å². The number of nitrogens with zero attached hydrogens (tertiary/aromatic N) is 1. The van der Waals surface area contributed by atoms with Crippen LogP contribution in [0.15, 0.2) is 0 Å². The highest BCUT2D eigenvalue weighted by atomic mass is 16.5. The molecule has 3 nitrogen and oxygen atoms in total. The van der Waals surface area contributed by atoms with Crippen molar-refractivity contribution in [2.24, 2.45) is 0 Å². The molecule has 2 rings (SSSR count). The Kier molecular flexibility index (Phi) is 4.82. The zero-order chi connectivity index (χ0) is 12.1. The minimum atomic E-state index is 0.263. The number of hydrogen-bond donors (Lipinski definition) is 0. The molecule has 2 saturated carbocycles. The molecule has 0 amide bonds. The molecule has 0 aromatic carbocycles. The molecule has 0 saturated heterocycles. The van der Waals surface area contributed by atoms with Crippen molar-refractivity contribution in [3.05, 3.63) is 11.4 Å². The van der Waals surface area contributed by atoms with Crippen LogP contribution in [0.25, 0.3) is 4.85 Å². The monoisotopic (exact) mass is 237 g/mol. The molecule has 2 aliphatic carbocycles. The Morgan fingerprint density at radius 3 is 1.76 bits per heavy atom. The summed E-state index contributed by atoms with van der Waals surface area (Å²) in [5.41, 5.74) is 0. The Labute approximate surface area is 104 Å². The summed E-state index contributed by atoms with van der Waals surface area (Å²) < 4.78 is 11.5. The van der Waals surface area contributed by atoms with Gasteiger partial charge in [-0.1, -0.05) is 0 Å². The summed E-state index contributed by atoms with van der Waals surface area (Å²) in [6.07, 6.45) is 10.1. The van der Waals surface area contributed by atoms with Crippen molar-refractivity contribution in [1.82, 2.24) is 0 Å². The molecule has 0 aromatic heterocycles. The highest BCUT2D eigenvalue weighted by Crippen LogP contribution is 2.29. The van der Waals surface area contributed by atoms with E-state index in [4.69, 9.17) is 16.0 Å². The fourth-order valence-electron chi connectivity index (χ4n) is 2.99. The van der Waals surface area contributed by atoms with E-state index < -0.39 is 0 Å². The van der Waals surface area contributed by atoms with Crippen LogP contribution in [0.3, 0.4) is 0 Å². The van der Waals surface area contributed by atoms with Gasteiger partial charge in [0.1, 0.15) is 0 Å². The first-order chi connectivity index (χ1) is 8.31. The average Bonchev–Trinajstić information content (AvgIpc) is 2.40. The third-order valence-electron chi connectivity index (χ3n) is 4.17. The van der Waals surface area contributed by atoms with Gasteiger partial charge in [0.25, 0.3) is 0 Å². The summed E-state index contributed by atoms with van der Waals surface area (Å²) in [5.74, 6) is 0. The van der Waals surface area contributed by atoms with Gasteiger partial charge in [-0.25, -0.2) is 6.57 Å². The molecule has 0 radical (unpaired) electrons. The SMILES string of the molecule is [C-]#[N+]C1CCC(OC2CCC(OC)CC2)CC1. The van der Waals surface area contributed by atoms with Gasteiger partial charge in [-0.3, -0.25) is 0 Å². The molecular formula is C14H23NO2. The van der Waals surface area contributed by atoms with E-state index >= 15 is 0 Å². The Balaban J connectivity index is 1.67. The Bertz CT molecular complexity index is 258. The second-order valence-electron chi connectivity index (χ2n) is 5.33. The molecular weight excluding hydrogens is 214 g/mol. The van der Waals surface area contributed by atoms with E-state index in [1.54, 1.807) is 7.11 Å². The molecule has 96 valence electrons. The predicted octanol–water partition coefficient (Wildman–Crippen LogP) is 3.19. The van der Waals surface area contributed by atoms with Crippen LogP contribution in [0.5, 0.6) is 0 Å². The predicted molar refractivity (Wildman–Crippen MR) is 66.8 cm³/mol. The normalized spacial score (nSPS) is 38.6. The van der Waals surface area contributed by atoms with Crippen molar-refractivity contribution < 1.29 is 9.47 Å². The summed E-state index contributed by atoms with van der Waals surface area (Å²) in [6.45, 7) is 7.03. The molecule has 0 aliphatic heterocycles. The van der Waals surface area contributed by atoms with Crippen molar-refractivity contribution in [1.29, 1.82) is 0 Å².